The number of anilines is 1. The molecule has 2 heterocycles. The number of aromatic nitrogens is 1. The molecule has 106 valence electrons. The van der Waals surface area contributed by atoms with Gasteiger partial charge in [-0.3, -0.25) is 4.90 Å². The monoisotopic (exact) mass is 263 g/mol. The zero-order valence-corrected chi connectivity index (χ0v) is 12.3. The van der Waals surface area contributed by atoms with E-state index in [1.54, 1.807) is 0 Å². The third kappa shape index (κ3) is 3.45. The minimum Gasteiger partial charge on any atom is -0.392 e. The lowest BCUT2D eigenvalue weighted by Crippen LogP contribution is -2.39. The molecule has 0 radical (unpaired) electrons. The van der Waals surface area contributed by atoms with Gasteiger partial charge in [-0.2, -0.15) is 0 Å². The van der Waals surface area contributed by atoms with Crippen LogP contribution in [0, 0.1) is 6.92 Å². The quantitative estimate of drug-likeness (QED) is 0.879. The van der Waals surface area contributed by atoms with Gasteiger partial charge in [0.1, 0.15) is 5.82 Å². The maximum absolute atomic E-state index is 9.28. The molecular weight excluding hydrogens is 238 g/mol. The molecule has 1 aliphatic rings. The number of likely N-dealkylation sites (N-methyl/N-ethyl adjacent to an activating group) is 2. The summed E-state index contributed by atoms with van der Waals surface area (Å²) in [5, 5.41) is 9.28. The van der Waals surface area contributed by atoms with E-state index in [2.05, 4.69) is 28.8 Å². The Morgan fingerprint density at radius 2 is 2.26 bits per heavy atom. The summed E-state index contributed by atoms with van der Waals surface area (Å²) in [6.45, 7) is 7.64. The number of likely N-dealkylation sites (tertiary alicyclic amines) is 1. The van der Waals surface area contributed by atoms with Crippen molar-refractivity contribution in [1.29, 1.82) is 0 Å². The van der Waals surface area contributed by atoms with Gasteiger partial charge in [-0.25, -0.2) is 4.98 Å². The van der Waals surface area contributed by atoms with Gasteiger partial charge in [0.25, 0.3) is 0 Å². The number of aryl methyl sites for hydroxylation is 1. The van der Waals surface area contributed by atoms with E-state index in [1.165, 1.54) is 19.4 Å². The van der Waals surface area contributed by atoms with Crippen LogP contribution in [0.15, 0.2) is 12.1 Å². The molecule has 4 heteroatoms. The molecule has 1 N–H and O–H groups in total. The highest BCUT2D eigenvalue weighted by molar-refractivity contribution is 5.42. The Morgan fingerprint density at radius 3 is 2.95 bits per heavy atom. The molecule has 0 saturated carbocycles. The molecule has 0 aromatic carbocycles. The number of hydrogen-bond acceptors (Lipinski definition) is 4. The van der Waals surface area contributed by atoms with Crippen molar-refractivity contribution in [3.8, 4) is 0 Å². The van der Waals surface area contributed by atoms with Crippen molar-refractivity contribution in [1.82, 2.24) is 9.88 Å². The van der Waals surface area contributed by atoms with Crippen LogP contribution in [0.1, 0.15) is 31.0 Å². The molecule has 1 unspecified atom stereocenters. The molecule has 1 fully saturated rings. The van der Waals surface area contributed by atoms with Gasteiger partial charge < -0.3 is 10.0 Å². The predicted molar refractivity (Wildman–Crippen MR) is 78.4 cm³/mol. The Hall–Kier alpha value is -1.13. The minimum absolute atomic E-state index is 0.0781. The first-order valence-corrected chi connectivity index (χ1v) is 7.17. The molecule has 1 aromatic heterocycles. The number of aliphatic hydroxyl groups is 1. The van der Waals surface area contributed by atoms with Crippen LogP contribution in [-0.2, 0) is 6.61 Å². The molecule has 0 aliphatic carbocycles. The Morgan fingerprint density at radius 1 is 1.47 bits per heavy atom. The van der Waals surface area contributed by atoms with Gasteiger partial charge in [0.2, 0.25) is 0 Å². The molecule has 0 spiro atoms. The zero-order valence-electron chi connectivity index (χ0n) is 12.3. The normalized spacial score (nSPS) is 19.9. The number of pyridine rings is 1. The summed E-state index contributed by atoms with van der Waals surface area (Å²) in [5.41, 5.74) is 1.90. The fraction of sp³-hybridized carbons (Fsp3) is 0.667. The summed E-state index contributed by atoms with van der Waals surface area (Å²) in [6.07, 6.45) is 2.58. The summed E-state index contributed by atoms with van der Waals surface area (Å²) in [7, 11) is 2.09. The second-order valence-electron chi connectivity index (χ2n) is 5.44. The lowest BCUT2D eigenvalue weighted by Gasteiger charge is -2.28. The largest absolute Gasteiger partial charge is 0.392 e. The van der Waals surface area contributed by atoms with Crippen LogP contribution in [-0.4, -0.2) is 47.7 Å². The minimum atomic E-state index is 0.0781. The maximum atomic E-state index is 9.28. The van der Waals surface area contributed by atoms with Gasteiger partial charge in [-0.1, -0.05) is 6.92 Å². The first-order chi connectivity index (χ1) is 9.13. The Kier molecular flexibility index (Phi) is 4.77. The molecule has 1 aromatic rings. The molecule has 1 aliphatic heterocycles. The molecular formula is C15H25N3O. The van der Waals surface area contributed by atoms with Crippen LogP contribution in [0.2, 0.25) is 0 Å². The fourth-order valence-electron chi connectivity index (χ4n) is 2.94. The van der Waals surface area contributed by atoms with Crippen molar-refractivity contribution in [2.45, 2.75) is 39.3 Å². The summed E-state index contributed by atoms with van der Waals surface area (Å²) in [5.74, 6) is 0.965. The van der Waals surface area contributed by atoms with Gasteiger partial charge in [0.15, 0.2) is 0 Å². The van der Waals surface area contributed by atoms with Crippen molar-refractivity contribution in [2.75, 3.05) is 31.6 Å². The first kappa shape index (κ1) is 14.3. The van der Waals surface area contributed by atoms with E-state index < -0.39 is 0 Å². The summed E-state index contributed by atoms with van der Waals surface area (Å²) < 4.78 is 0. The Balaban J connectivity index is 2.06. The van der Waals surface area contributed by atoms with E-state index in [0.717, 1.165) is 30.2 Å². The molecule has 0 bridgehead atoms. The van der Waals surface area contributed by atoms with Crippen molar-refractivity contribution in [2.24, 2.45) is 0 Å². The van der Waals surface area contributed by atoms with E-state index in [-0.39, 0.29) is 6.61 Å². The number of hydrogen-bond donors (Lipinski definition) is 1. The summed E-state index contributed by atoms with van der Waals surface area (Å²) in [6, 6.07) is 4.55. The standard InChI is InChI=1S/C15H25N3O/c1-4-18-7-5-6-14(18)10-17(3)15-9-13(11-19)8-12(2)16-15/h8-9,14,19H,4-7,10-11H2,1-3H3. The highest BCUT2D eigenvalue weighted by Gasteiger charge is 2.24. The van der Waals surface area contributed by atoms with E-state index in [4.69, 9.17) is 0 Å². The van der Waals surface area contributed by atoms with Gasteiger partial charge in [0, 0.05) is 25.3 Å². The lowest BCUT2D eigenvalue weighted by atomic mass is 10.2. The highest BCUT2D eigenvalue weighted by Crippen LogP contribution is 2.20. The molecule has 1 atom stereocenters. The molecule has 1 saturated heterocycles. The van der Waals surface area contributed by atoms with Crippen molar-refractivity contribution in [3.63, 3.8) is 0 Å². The van der Waals surface area contributed by atoms with Crippen molar-refractivity contribution < 1.29 is 5.11 Å². The van der Waals surface area contributed by atoms with Gasteiger partial charge in [-0.05, 0) is 50.6 Å². The predicted octanol–water partition coefficient (Wildman–Crippen LogP) is 1.80. The van der Waals surface area contributed by atoms with Crippen LogP contribution in [0.4, 0.5) is 5.82 Å². The van der Waals surface area contributed by atoms with Crippen LogP contribution in [0.5, 0.6) is 0 Å². The van der Waals surface area contributed by atoms with E-state index >= 15 is 0 Å². The Labute approximate surface area is 116 Å². The number of rotatable bonds is 5. The van der Waals surface area contributed by atoms with Gasteiger partial charge >= 0.3 is 0 Å². The van der Waals surface area contributed by atoms with Crippen LogP contribution in [0.3, 0.4) is 0 Å². The number of nitrogens with zero attached hydrogens (tertiary/aromatic N) is 3. The van der Waals surface area contributed by atoms with Crippen LogP contribution < -0.4 is 4.90 Å². The lowest BCUT2D eigenvalue weighted by molar-refractivity contribution is 0.270. The van der Waals surface area contributed by atoms with E-state index in [9.17, 15) is 5.11 Å². The number of aliphatic hydroxyl groups excluding tert-OH is 1. The molecule has 19 heavy (non-hydrogen) atoms. The second-order valence-corrected chi connectivity index (χ2v) is 5.44. The van der Waals surface area contributed by atoms with Crippen molar-refractivity contribution in [3.05, 3.63) is 23.4 Å². The summed E-state index contributed by atoms with van der Waals surface area (Å²) in [4.78, 5) is 9.32. The fourth-order valence-corrected chi connectivity index (χ4v) is 2.94. The van der Waals surface area contributed by atoms with Crippen molar-refractivity contribution >= 4 is 5.82 Å². The third-order valence-corrected chi connectivity index (χ3v) is 3.96. The smallest absolute Gasteiger partial charge is 0.128 e. The molecule has 2 rings (SSSR count). The average molecular weight is 263 g/mol. The van der Waals surface area contributed by atoms with Crippen LogP contribution >= 0.6 is 0 Å². The maximum Gasteiger partial charge on any atom is 0.128 e. The SMILES string of the molecule is CCN1CCCC1CN(C)c1cc(CO)cc(C)n1. The second kappa shape index (κ2) is 6.35. The molecule has 0 amide bonds. The summed E-state index contributed by atoms with van der Waals surface area (Å²) >= 11 is 0. The molecule has 4 nitrogen and oxygen atoms in total. The van der Waals surface area contributed by atoms with Gasteiger partial charge in [0.05, 0.1) is 6.61 Å². The van der Waals surface area contributed by atoms with E-state index in [1.807, 2.05) is 19.1 Å². The zero-order chi connectivity index (χ0) is 13.8. The van der Waals surface area contributed by atoms with Crippen LogP contribution in [0.25, 0.3) is 0 Å². The highest BCUT2D eigenvalue weighted by atomic mass is 16.3. The first-order valence-electron chi connectivity index (χ1n) is 7.17. The third-order valence-electron chi connectivity index (χ3n) is 3.96. The van der Waals surface area contributed by atoms with Gasteiger partial charge in [-0.15, -0.1) is 0 Å². The topological polar surface area (TPSA) is 39.6 Å². The average Bonchev–Trinajstić information content (AvgIpc) is 2.85. The Bertz CT molecular complexity index is 422. The van der Waals surface area contributed by atoms with E-state index in [0.29, 0.717) is 6.04 Å².